The van der Waals surface area contributed by atoms with Crippen molar-refractivity contribution in [2.45, 2.75) is 26.3 Å². The smallest absolute Gasteiger partial charge is 0.0651 e. The van der Waals surface area contributed by atoms with E-state index in [2.05, 4.69) is 25.2 Å². The molecule has 7 heavy (non-hydrogen) atoms. The number of nitrogens with one attached hydrogen (secondary N) is 1. The summed E-state index contributed by atoms with van der Waals surface area (Å²) >= 11 is 0. The molecule has 40 valence electrons. The van der Waals surface area contributed by atoms with Gasteiger partial charge in [0.05, 0.1) is 6.04 Å². The Kier molecular flexibility index (Phi) is 1.05. The maximum absolute atomic E-state index is 3.23. The van der Waals surface area contributed by atoms with Crippen LogP contribution < -0.4 is 5.32 Å². The van der Waals surface area contributed by atoms with Crippen LogP contribution in [0.2, 0.25) is 0 Å². The summed E-state index contributed by atoms with van der Waals surface area (Å²) < 4.78 is 0. The lowest BCUT2D eigenvalue weighted by molar-refractivity contribution is 0.899. The average Bonchev–Trinajstić information content (AvgIpc) is 2.43. The lowest BCUT2D eigenvalue weighted by Gasteiger charge is -1.72. The Bertz CT molecular complexity index is 94.4. The maximum Gasteiger partial charge on any atom is 0.0651 e. The van der Waals surface area contributed by atoms with Crippen LogP contribution in [0, 0.1) is 0 Å². The molecule has 0 amide bonds. The Morgan fingerprint density at radius 1 is 1.86 bits per heavy atom. The first-order valence-electron chi connectivity index (χ1n) is 2.81. The molecule has 0 aromatic heterocycles. The summed E-state index contributed by atoms with van der Waals surface area (Å²) in [7, 11) is 0. The van der Waals surface area contributed by atoms with Crippen LogP contribution in [-0.4, -0.2) is 6.04 Å². The molecule has 1 saturated heterocycles. The predicted octanol–water partition coefficient (Wildman–Crippen LogP) is 1.27. The van der Waals surface area contributed by atoms with E-state index in [0.29, 0.717) is 0 Å². The van der Waals surface area contributed by atoms with Gasteiger partial charge in [-0.15, -0.1) is 0 Å². The number of hydrogen-bond acceptors (Lipinski definition) is 1. The summed E-state index contributed by atoms with van der Waals surface area (Å²) in [5.41, 5.74) is 1.42. The van der Waals surface area contributed by atoms with E-state index in [-0.39, 0.29) is 0 Å². The number of rotatable bonds is 1. The van der Waals surface area contributed by atoms with E-state index < -0.39 is 0 Å². The first-order valence-corrected chi connectivity index (χ1v) is 2.81. The highest BCUT2D eigenvalue weighted by atomic mass is 15.1. The highest BCUT2D eigenvalue weighted by Gasteiger charge is 2.23. The molecule has 0 spiro atoms. The van der Waals surface area contributed by atoms with Crippen LogP contribution in [0.5, 0.6) is 0 Å². The minimum atomic E-state index is 0.727. The maximum atomic E-state index is 3.23. The third-order valence-corrected chi connectivity index (χ3v) is 1.35. The van der Waals surface area contributed by atoms with Crippen molar-refractivity contribution >= 4 is 0 Å². The molecule has 0 aromatic carbocycles. The van der Waals surface area contributed by atoms with Gasteiger partial charge in [0.15, 0.2) is 0 Å². The zero-order valence-electron chi connectivity index (χ0n) is 4.86. The molecular formula is C6H11N. The molecule has 1 atom stereocenters. The van der Waals surface area contributed by atoms with Crippen LogP contribution in [0.4, 0.5) is 0 Å². The van der Waals surface area contributed by atoms with Gasteiger partial charge in [0.1, 0.15) is 0 Å². The minimum Gasteiger partial charge on any atom is -0.379 e. The molecule has 1 aliphatic rings. The van der Waals surface area contributed by atoms with Gasteiger partial charge >= 0.3 is 0 Å². The van der Waals surface area contributed by atoms with Crippen molar-refractivity contribution in [3.63, 3.8) is 0 Å². The van der Waals surface area contributed by atoms with Crippen molar-refractivity contribution in [2.24, 2.45) is 0 Å². The summed E-state index contributed by atoms with van der Waals surface area (Å²) in [6, 6.07) is 0.727. The first-order chi connectivity index (χ1) is 3.38. The highest BCUT2D eigenvalue weighted by molar-refractivity contribution is 5.23. The summed E-state index contributed by atoms with van der Waals surface area (Å²) in [4.78, 5) is 0. The molecule has 0 saturated carbocycles. The quantitative estimate of drug-likeness (QED) is 0.489. The van der Waals surface area contributed by atoms with E-state index >= 15 is 0 Å². The Labute approximate surface area is 44.4 Å². The van der Waals surface area contributed by atoms with E-state index in [1.54, 1.807) is 0 Å². The van der Waals surface area contributed by atoms with Crippen LogP contribution in [0.25, 0.3) is 0 Å². The molecule has 1 N–H and O–H groups in total. The molecule has 1 nitrogen and oxygen atoms in total. The van der Waals surface area contributed by atoms with Crippen LogP contribution in [-0.2, 0) is 0 Å². The van der Waals surface area contributed by atoms with Gasteiger partial charge in [-0.05, 0) is 13.3 Å². The Morgan fingerprint density at radius 3 is 2.71 bits per heavy atom. The second-order valence-electron chi connectivity index (χ2n) is 1.85. The molecule has 1 heteroatoms. The fraction of sp³-hybridized carbons (Fsp3) is 0.667. The van der Waals surface area contributed by atoms with Crippen molar-refractivity contribution in [2.75, 3.05) is 0 Å². The van der Waals surface area contributed by atoms with Crippen LogP contribution in [0.15, 0.2) is 11.8 Å². The molecule has 1 heterocycles. The fourth-order valence-electron chi connectivity index (χ4n) is 0.766. The Balaban J connectivity index is 2.31. The number of hydrogen-bond donors (Lipinski definition) is 1. The second-order valence-corrected chi connectivity index (χ2v) is 1.85. The zero-order chi connectivity index (χ0) is 5.28. The third-order valence-electron chi connectivity index (χ3n) is 1.35. The lowest BCUT2D eigenvalue weighted by atomic mass is 10.3. The van der Waals surface area contributed by atoms with Gasteiger partial charge in [-0.1, -0.05) is 13.0 Å². The topological polar surface area (TPSA) is 21.9 Å². The molecule has 1 fully saturated rings. The molecule has 1 aliphatic heterocycles. The van der Waals surface area contributed by atoms with Gasteiger partial charge < -0.3 is 5.32 Å². The zero-order valence-corrected chi connectivity index (χ0v) is 4.86. The van der Waals surface area contributed by atoms with Crippen LogP contribution in [0.1, 0.15) is 20.3 Å². The van der Waals surface area contributed by atoms with E-state index in [1.165, 1.54) is 12.1 Å². The van der Waals surface area contributed by atoms with Gasteiger partial charge in [-0.2, -0.15) is 0 Å². The van der Waals surface area contributed by atoms with Gasteiger partial charge in [0, 0.05) is 5.70 Å². The summed E-state index contributed by atoms with van der Waals surface area (Å²) in [6.07, 6.45) is 3.37. The van der Waals surface area contributed by atoms with Crippen molar-refractivity contribution in [3.05, 3.63) is 11.8 Å². The largest absolute Gasteiger partial charge is 0.379 e. The van der Waals surface area contributed by atoms with E-state index in [1.807, 2.05) is 0 Å². The molecule has 0 aliphatic carbocycles. The first kappa shape index (κ1) is 4.69. The van der Waals surface area contributed by atoms with Gasteiger partial charge in [0.25, 0.3) is 0 Å². The molecule has 1 unspecified atom stereocenters. The second kappa shape index (κ2) is 1.57. The Hall–Kier alpha value is -0.460. The molecule has 0 aromatic rings. The van der Waals surface area contributed by atoms with Gasteiger partial charge in [0.2, 0.25) is 0 Å². The van der Waals surface area contributed by atoms with E-state index in [9.17, 15) is 0 Å². The summed E-state index contributed by atoms with van der Waals surface area (Å²) in [5.74, 6) is 0. The average molecular weight is 97.2 g/mol. The van der Waals surface area contributed by atoms with Gasteiger partial charge in [-0.25, -0.2) is 0 Å². The van der Waals surface area contributed by atoms with Crippen molar-refractivity contribution < 1.29 is 0 Å². The fourth-order valence-corrected chi connectivity index (χ4v) is 0.766. The van der Waals surface area contributed by atoms with Crippen LogP contribution >= 0.6 is 0 Å². The van der Waals surface area contributed by atoms with E-state index in [4.69, 9.17) is 0 Å². The van der Waals surface area contributed by atoms with Gasteiger partial charge in [-0.3, -0.25) is 0 Å². The van der Waals surface area contributed by atoms with E-state index in [0.717, 1.165) is 6.04 Å². The lowest BCUT2D eigenvalue weighted by Crippen LogP contribution is -1.81. The molecule has 1 rings (SSSR count). The van der Waals surface area contributed by atoms with Crippen molar-refractivity contribution in [1.82, 2.24) is 5.32 Å². The van der Waals surface area contributed by atoms with Crippen molar-refractivity contribution in [1.29, 1.82) is 0 Å². The Morgan fingerprint density at radius 2 is 2.57 bits per heavy atom. The standard InChI is InChI=1S/C6H11N/c1-3-5-6(4-2)7-5/h3,6-7H,4H2,1-2H3/b5-3-. The number of allylic oxidation sites excluding steroid dienone is 1. The SMILES string of the molecule is C/C=C1\NC1CC. The third kappa shape index (κ3) is 0.763. The monoisotopic (exact) mass is 97.1 g/mol. The molecule has 0 radical (unpaired) electrons. The predicted molar refractivity (Wildman–Crippen MR) is 31.0 cm³/mol. The van der Waals surface area contributed by atoms with Crippen molar-refractivity contribution in [3.8, 4) is 0 Å². The normalized spacial score (nSPS) is 32.9. The minimum absolute atomic E-state index is 0.727. The summed E-state index contributed by atoms with van der Waals surface area (Å²) in [5, 5.41) is 3.23. The highest BCUT2D eigenvalue weighted by Crippen LogP contribution is 2.17. The molecule has 0 bridgehead atoms. The summed E-state index contributed by atoms with van der Waals surface area (Å²) in [6.45, 7) is 4.26. The van der Waals surface area contributed by atoms with Crippen LogP contribution in [0.3, 0.4) is 0 Å². The molecular weight excluding hydrogens is 86.1 g/mol.